The molecule has 0 aliphatic rings. The van der Waals surface area contributed by atoms with Crippen molar-refractivity contribution in [2.24, 2.45) is 5.10 Å². The summed E-state index contributed by atoms with van der Waals surface area (Å²) in [7, 11) is 1.36. The van der Waals surface area contributed by atoms with Gasteiger partial charge in [-0.3, -0.25) is 5.43 Å². The summed E-state index contributed by atoms with van der Waals surface area (Å²) in [5.41, 5.74) is 6.02. The number of anilines is 1. The molecule has 0 bridgehead atoms. The molecule has 0 radical (unpaired) electrons. The van der Waals surface area contributed by atoms with Gasteiger partial charge in [0.15, 0.2) is 0 Å². The van der Waals surface area contributed by atoms with Crippen molar-refractivity contribution in [1.29, 1.82) is 0 Å². The zero-order chi connectivity index (χ0) is 20.6. The molecule has 148 valence electrons. The maximum absolute atomic E-state index is 11.4. The van der Waals surface area contributed by atoms with Crippen LogP contribution < -0.4 is 10.2 Å². The lowest BCUT2D eigenvalue weighted by Crippen LogP contribution is -2.02. The Morgan fingerprint density at radius 1 is 1.00 bits per heavy atom. The topological polar surface area (TPSA) is 59.9 Å². The van der Waals surface area contributed by atoms with E-state index >= 15 is 0 Å². The molecule has 7 heteroatoms. The summed E-state index contributed by atoms with van der Waals surface area (Å²) in [6.07, 6.45) is 1.69. The average molecular weight is 429 g/mol. The number of halogens is 2. The molecule has 0 aliphatic heterocycles. The average Bonchev–Trinajstić information content (AvgIpc) is 2.75. The van der Waals surface area contributed by atoms with Gasteiger partial charge in [0.1, 0.15) is 12.4 Å². The minimum absolute atomic E-state index is 0.358. The van der Waals surface area contributed by atoms with Crippen molar-refractivity contribution < 1.29 is 14.3 Å². The molecule has 0 unspecified atom stereocenters. The summed E-state index contributed by atoms with van der Waals surface area (Å²) < 4.78 is 10.5. The van der Waals surface area contributed by atoms with Gasteiger partial charge in [0.2, 0.25) is 0 Å². The Labute approximate surface area is 178 Å². The summed E-state index contributed by atoms with van der Waals surface area (Å²) in [4.78, 5) is 11.4. The number of hydrogen-bond donors (Lipinski definition) is 1. The van der Waals surface area contributed by atoms with E-state index in [1.807, 2.05) is 36.4 Å². The molecule has 3 aromatic rings. The van der Waals surface area contributed by atoms with Gasteiger partial charge in [0.05, 0.1) is 34.6 Å². The molecule has 0 spiro atoms. The van der Waals surface area contributed by atoms with E-state index in [1.54, 1.807) is 36.5 Å². The predicted octanol–water partition coefficient (Wildman–Crippen LogP) is 5.81. The van der Waals surface area contributed by atoms with E-state index in [4.69, 9.17) is 27.9 Å². The molecule has 3 aromatic carbocycles. The summed E-state index contributed by atoms with van der Waals surface area (Å²) in [6, 6.07) is 19.8. The van der Waals surface area contributed by atoms with Crippen LogP contribution in [-0.4, -0.2) is 19.3 Å². The summed E-state index contributed by atoms with van der Waals surface area (Å²) >= 11 is 11.9. The maximum atomic E-state index is 11.4. The number of rotatable bonds is 7. The van der Waals surface area contributed by atoms with E-state index in [-0.39, 0.29) is 5.97 Å². The van der Waals surface area contributed by atoms with Crippen LogP contribution in [0.3, 0.4) is 0 Å². The van der Waals surface area contributed by atoms with Crippen LogP contribution in [0.1, 0.15) is 21.5 Å². The number of carbonyl (C=O) groups excluding carboxylic acids is 1. The van der Waals surface area contributed by atoms with Gasteiger partial charge in [-0.2, -0.15) is 5.10 Å². The van der Waals surface area contributed by atoms with Crippen molar-refractivity contribution in [2.75, 3.05) is 12.5 Å². The third-order valence-electron chi connectivity index (χ3n) is 3.99. The number of benzene rings is 3. The van der Waals surface area contributed by atoms with Crippen molar-refractivity contribution in [2.45, 2.75) is 6.61 Å². The number of methoxy groups -OCH3 is 1. The Morgan fingerprint density at radius 3 is 2.38 bits per heavy atom. The molecular formula is C22H18Cl2N2O3. The lowest BCUT2D eigenvalue weighted by atomic mass is 10.1. The number of carbonyl (C=O) groups is 1. The number of ether oxygens (including phenoxy) is 2. The Bertz CT molecular complexity index is 1000. The monoisotopic (exact) mass is 428 g/mol. The van der Waals surface area contributed by atoms with E-state index in [0.717, 1.165) is 22.6 Å². The van der Waals surface area contributed by atoms with E-state index in [0.29, 0.717) is 22.2 Å². The molecule has 1 N–H and O–H groups in total. The van der Waals surface area contributed by atoms with Crippen LogP contribution in [0.5, 0.6) is 5.75 Å². The molecule has 0 amide bonds. The van der Waals surface area contributed by atoms with Crippen molar-refractivity contribution >= 4 is 41.1 Å². The highest BCUT2D eigenvalue weighted by Crippen LogP contribution is 2.25. The van der Waals surface area contributed by atoms with E-state index in [9.17, 15) is 4.79 Å². The normalized spacial score (nSPS) is 10.7. The summed E-state index contributed by atoms with van der Waals surface area (Å²) in [5.74, 6) is 0.375. The lowest BCUT2D eigenvalue weighted by molar-refractivity contribution is 0.0600. The van der Waals surface area contributed by atoms with Gasteiger partial charge in [-0.05, 0) is 65.7 Å². The number of hydrogen-bond acceptors (Lipinski definition) is 5. The fraction of sp³-hybridized carbons (Fsp3) is 0.0909. The first-order chi connectivity index (χ1) is 14.0. The summed E-state index contributed by atoms with van der Waals surface area (Å²) in [6.45, 7) is 0.397. The zero-order valence-electron chi connectivity index (χ0n) is 15.6. The first kappa shape index (κ1) is 20.7. The Hall–Kier alpha value is -3.02. The van der Waals surface area contributed by atoms with Crippen LogP contribution in [0.25, 0.3) is 0 Å². The number of nitrogens with zero attached hydrogens (tertiary/aromatic N) is 1. The van der Waals surface area contributed by atoms with Gasteiger partial charge in [0, 0.05) is 0 Å². The van der Waals surface area contributed by atoms with Gasteiger partial charge in [-0.1, -0.05) is 35.3 Å². The van der Waals surface area contributed by atoms with Crippen molar-refractivity contribution in [3.63, 3.8) is 0 Å². The third kappa shape index (κ3) is 5.98. The van der Waals surface area contributed by atoms with Crippen LogP contribution in [0, 0.1) is 0 Å². The second kappa shape index (κ2) is 9.96. The standard InChI is InChI=1S/C22H18Cl2N2O3/c1-28-22(27)17-6-2-16(3-7-17)14-29-19-9-4-15(5-10-19)13-25-26-18-8-11-20(23)21(24)12-18/h2-13,26H,14H2,1H3. The van der Waals surface area contributed by atoms with Crippen LogP contribution in [0.2, 0.25) is 10.0 Å². The molecule has 0 fully saturated rings. The smallest absolute Gasteiger partial charge is 0.337 e. The molecule has 5 nitrogen and oxygen atoms in total. The second-order valence-electron chi connectivity index (χ2n) is 6.05. The fourth-order valence-corrected chi connectivity index (χ4v) is 2.72. The third-order valence-corrected chi connectivity index (χ3v) is 4.73. The molecule has 0 aliphatic carbocycles. The van der Waals surface area contributed by atoms with Crippen LogP contribution in [-0.2, 0) is 11.3 Å². The molecule has 0 aromatic heterocycles. The zero-order valence-corrected chi connectivity index (χ0v) is 17.1. The second-order valence-corrected chi connectivity index (χ2v) is 6.86. The van der Waals surface area contributed by atoms with Crippen molar-refractivity contribution in [1.82, 2.24) is 0 Å². The minimum Gasteiger partial charge on any atom is -0.489 e. The lowest BCUT2D eigenvalue weighted by Gasteiger charge is -2.07. The first-order valence-electron chi connectivity index (χ1n) is 8.69. The Balaban J connectivity index is 1.51. The number of hydrazone groups is 1. The van der Waals surface area contributed by atoms with Crippen LogP contribution >= 0.6 is 23.2 Å². The molecule has 3 rings (SSSR count). The number of nitrogens with one attached hydrogen (secondary N) is 1. The Kier molecular flexibility index (Phi) is 7.11. The predicted molar refractivity (Wildman–Crippen MR) is 116 cm³/mol. The molecule has 0 heterocycles. The first-order valence-corrected chi connectivity index (χ1v) is 9.45. The minimum atomic E-state index is -0.358. The highest BCUT2D eigenvalue weighted by atomic mass is 35.5. The molecule has 0 saturated heterocycles. The molecule has 29 heavy (non-hydrogen) atoms. The fourth-order valence-electron chi connectivity index (χ4n) is 2.42. The van der Waals surface area contributed by atoms with Gasteiger partial charge < -0.3 is 9.47 Å². The molecular weight excluding hydrogens is 411 g/mol. The highest BCUT2D eigenvalue weighted by Gasteiger charge is 2.04. The SMILES string of the molecule is COC(=O)c1ccc(COc2ccc(C=NNc3ccc(Cl)c(Cl)c3)cc2)cc1. The van der Waals surface area contributed by atoms with E-state index in [2.05, 4.69) is 15.3 Å². The largest absolute Gasteiger partial charge is 0.489 e. The van der Waals surface area contributed by atoms with Gasteiger partial charge in [0.25, 0.3) is 0 Å². The molecule has 0 atom stereocenters. The van der Waals surface area contributed by atoms with Crippen LogP contribution in [0.15, 0.2) is 71.8 Å². The highest BCUT2D eigenvalue weighted by molar-refractivity contribution is 6.42. The quantitative estimate of drug-likeness (QED) is 0.293. The summed E-state index contributed by atoms with van der Waals surface area (Å²) in [5, 5.41) is 5.14. The van der Waals surface area contributed by atoms with Gasteiger partial charge in [-0.25, -0.2) is 4.79 Å². The van der Waals surface area contributed by atoms with E-state index in [1.165, 1.54) is 7.11 Å². The van der Waals surface area contributed by atoms with Crippen molar-refractivity contribution in [3.8, 4) is 5.75 Å². The van der Waals surface area contributed by atoms with Crippen LogP contribution in [0.4, 0.5) is 5.69 Å². The van der Waals surface area contributed by atoms with E-state index < -0.39 is 0 Å². The Morgan fingerprint density at radius 2 is 1.72 bits per heavy atom. The maximum Gasteiger partial charge on any atom is 0.337 e. The molecule has 0 saturated carbocycles. The number of esters is 1. The van der Waals surface area contributed by atoms with Gasteiger partial charge >= 0.3 is 5.97 Å². The van der Waals surface area contributed by atoms with Crippen molar-refractivity contribution in [3.05, 3.63) is 93.5 Å². The van der Waals surface area contributed by atoms with Gasteiger partial charge in [-0.15, -0.1) is 0 Å².